The van der Waals surface area contributed by atoms with Crippen LogP contribution in [0.4, 0.5) is 5.82 Å². The highest BCUT2D eigenvalue weighted by molar-refractivity contribution is 8.01. The molecule has 0 aromatic carbocycles. The Labute approximate surface area is 166 Å². The molecule has 0 fully saturated rings. The van der Waals surface area contributed by atoms with Crippen molar-refractivity contribution >= 4 is 29.4 Å². The molecular weight excluding hydrogens is 382 g/mol. The summed E-state index contributed by atoms with van der Waals surface area (Å²) >= 11 is 1.25. The number of hydrogen-bond donors (Lipinski definition) is 1. The predicted molar refractivity (Wildman–Crippen MR) is 103 cm³/mol. The van der Waals surface area contributed by atoms with Crippen LogP contribution < -0.4 is 5.32 Å². The summed E-state index contributed by atoms with van der Waals surface area (Å²) in [5.41, 5.74) is 0. The summed E-state index contributed by atoms with van der Waals surface area (Å²) in [5, 5.41) is 5.97. The maximum absolute atomic E-state index is 12.7. The van der Waals surface area contributed by atoms with Crippen LogP contribution in [0.2, 0.25) is 0 Å². The molecule has 28 heavy (non-hydrogen) atoms. The van der Waals surface area contributed by atoms with Gasteiger partial charge in [-0.1, -0.05) is 5.16 Å². The van der Waals surface area contributed by atoms with E-state index in [9.17, 15) is 9.59 Å². The molecule has 0 spiro atoms. The van der Waals surface area contributed by atoms with Crippen LogP contribution in [0.25, 0.3) is 0 Å². The number of aromatic nitrogens is 1. The van der Waals surface area contributed by atoms with Crippen LogP contribution in [0.3, 0.4) is 0 Å². The third kappa shape index (κ3) is 5.53. The van der Waals surface area contributed by atoms with Crippen molar-refractivity contribution < 1.29 is 22.9 Å². The van der Waals surface area contributed by atoms with E-state index in [1.54, 1.807) is 49.5 Å². The number of aryl methyl sites for hydroxylation is 1. The van der Waals surface area contributed by atoms with Gasteiger partial charge in [-0.2, -0.15) is 0 Å². The van der Waals surface area contributed by atoms with E-state index in [0.717, 1.165) is 0 Å². The lowest BCUT2D eigenvalue weighted by molar-refractivity contribution is -0.130. The van der Waals surface area contributed by atoms with Gasteiger partial charge < -0.3 is 23.6 Å². The van der Waals surface area contributed by atoms with Gasteiger partial charge in [0.1, 0.15) is 17.3 Å². The largest absolute Gasteiger partial charge is 0.467 e. The summed E-state index contributed by atoms with van der Waals surface area (Å²) in [7, 11) is 0. The number of thioether (sulfide) groups is 1. The van der Waals surface area contributed by atoms with Crippen LogP contribution in [0, 0.1) is 6.92 Å². The first-order valence-electron chi connectivity index (χ1n) is 8.69. The number of anilines is 1. The van der Waals surface area contributed by atoms with E-state index in [-0.39, 0.29) is 17.6 Å². The average molecular weight is 403 g/mol. The zero-order valence-electron chi connectivity index (χ0n) is 15.6. The van der Waals surface area contributed by atoms with Crippen LogP contribution in [-0.2, 0) is 22.7 Å². The molecule has 1 N–H and O–H groups in total. The summed E-state index contributed by atoms with van der Waals surface area (Å²) in [5.74, 6) is 2.11. The summed E-state index contributed by atoms with van der Waals surface area (Å²) in [6.07, 6.45) is 3.13. The molecular formula is C19H21N3O5S. The fourth-order valence-corrected chi connectivity index (χ4v) is 3.22. The maximum Gasteiger partial charge on any atom is 0.238 e. The Morgan fingerprint density at radius 2 is 1.82 bits per heavy atom. The highest BCUT2D eigenvalue weighted by atomic mass is 32.2. The Bertz CT molecular complexity index is 852. The number of amides is 2. The van der Waals surface area contributed by atoms with Crippen LogP contribution in [0.5, 0.6) is 0 Å². The van der Waals surface area contributed by atoms with Gasteiger partial charge in [-0.3, -0.25) is 9.59 Å². The quantitative estimate of drug-likeness (QED) is 0.584. The van der Waals surface area contributed by atoms with Gasteiger partial charge in [-0.05, 0) is 38.1 Å². The molecule has 3 aromatic rings. The van der Waals surface area contributed by atoms with Crippen LogP contribution in [-0.4, -0.2) is 32.9 Å². The first-order chi connectivity index (χ1) is 13.5. The van der Waals surface area contributed by atoms with Gasteiger partial charge >= 0.3 is 0 Å². The van der Waals surface area contributed by atoms with Crippen molar-refractivity contribution in [2.45, 2.75) is 32.2 Å². The van der Waals surface area contributed by atoms with Crippen molar-refractivity contribution in [3.8, 4) is 0 Å². The topological polar surface area (TPSA) is 102 Å². The number of carbonyl (C=O) groups excluding carboxylic acids is 2. The number of hydrogen-bond acceptors (Lipinski definition) is 7. The standard InChI is InChI=1S/C19H21N3O5S/c1-13-9-17(21-27-13)20-19(24)14(2)28-12-18(23)22(10-15-5-3-7-25-15)11-16-6-4-8-26-16/h3-9,14H,10-12H2,1-2H3,(H,20,21,24)/t14-/m1/s1. The first kappa shape index (κ1) is 19.8. The van der Waals surface area contributed by atoms with Gasteiger partial charge in [0.25, 0.3) is 0 Å². The minimum Gasteiger partial charge on any atom is -0.467 e. The van der Waals surface area contributed by atoms with Crippen molar-refractivity contribution in [3.05, 3.63) is 60.1 Å². The van der Waals surface area contributed by atoms with Crippen molar-refractivity contribution in [3.63, 3.8) is 0 Å². The maximum atomic E-state index is 12.7. The second-order valence-corrected chi connectivity index (χ2v) is 7.50. The number of carbonyl (C=O) groups is 2. The molecule has 0 aliphatic rings. The zero-order chi connectivity index (χ0) is 19.9. The predicted octanol–water partition coefficient (Wildman–Crippen LogP) is 3.46. The van der Waals surface area contributed by atoms with Crippen molar-refractivity contribution in [2.75, 3.05) is 11.1 Å². The summed E-state index contributed by atoms with van der Waals surface area (Å²) < 4.78 is 15.6. The van der Waals surface area contributed by atoms with Crippen molar-refractivity contribution in [1.82, 2.24) is 10.1 Å². The van der Waals surface area contributed by atoms with E-state index < -0.39 is 5.25 Å². The molecule has 0 aliphatic heterocycles. The second-order valence-electron chi connectivity index (χ2n) is 6.17. The van der Waals surface area contributed by atoms with E-state index in [2.05, 4.69) is 10.5 Å². The molecule has 0 radical (unpaired) electrons. The monoisotopic (exact) mass is 403 g/mol. The van der Waals surface area contributed by atoms with E-state index >= 15 is 0 Å². The molecule has 0 saturated carbocycles. The highest BCUT2D eigenvalue weighted by Crippen LogP contribution is 2.17. The molecule has 148 valence electrons. The van der Waals surface area contributed by atoms with Gasteiger partial charge in [0, 0.05) is 6.07 Å². The molecule has 2 amide bonds. The molecule has 3 heterocycles. The van der Waals surface area contributed by atoms with Crippen LogP contribution in [0.1, 0.15) is 24.2 Å². The molecule has 0 aliphatic carbocycles. The molecule has 3 aromatic heterocycles. The molecule has 1 atom stereocenters. The summed E-state index contributed by atoms with van der Waals surface area (Å²) in [6, 6.07) is 8.81. The van der Waals surface area contributed by atoms with Crippen molar-refractivity contribution in [2.24, 2.45) is 0 Å². The Hall–Kier alpha value is -2.94. The molecule has 9 heteroatoms. The van der Waals surface area contributed by atoms with Crippen LogP contribution >= 0.6 is 11.8 Å². The number of nitrogens with zero attached hydrogens (tertiary/aromatic N) is 2. The van der Waals surface area contributed by atoms with Gasteiger partial charge in [-0.15, -0.1) is 11.8 Å². The van der Waals surface area contributed by atoms with E-state index in [1.807, 2.05) is 12.1 Å². The minimum absolute atomic E-state index is 0.116. The Balaban J connectivity index is 1.55. The zero-order valence-corrected chi connectivity index (χ0v) is 16.4. The van der Waals surface area contributed by atoms with Gasteiger partial charge in [0.05, 0.1) is 36.6 Å². The Kier molecular flexibility index (Phi) is 6.59. The number of furan rings is 2. The number of rotatable bonds is 9. The molecule has 8 nitrogen and oxygen atoms in total. The average Bonchev–Trinajstić information content (AvgIpc) is 3.43. The van der Waals surface area contributed by atoms with Gasteiger partial charge in [-0.25, -0.2) is 0 Å². The fraction of sp³-hybridized carbons (Fsp3) is 0.316. The smallest absolute Gasteiger partial charge is 0.238 e. The third-order valence-electron chi connectivity index (χ3n) is 3.91. The Morgan fingerprint density at radius 1 is 1.18 bits per heavy atom. The third-order valence-corrected chi connectivity index (χ3v) is 5.04. The van der Waals surface area contributed by atoms with E-state index in [1.165, 1.54) is 11.8 Å². The molecule has 0 bridgehead atoms. The first-order valence-corrected chi connectivity index (χ1v) is 9.74. The lowest BCUT2D eigenvalue weighted by atomic mass is 10.3. The summed E-state index contributed by atoms with van der Waals surface area (Å²) in [6.45, 7) is 4.13. The SMILES string of the molecule is Cc1cc(NC(=O)[C@@H](C)SCC(=O)N(Cc2ccco2)Cc2ccco2)no1. The lowest BCUT2D eigenvalue weighted by Crippen LogP contribution is -2.32. The lowest BCUT2D eigenvalue weighted by Gasteiger charge is -2.21. The van der Waals surface area contributed by atoms with E-state index in [0.29, 0.717) is 36.2 Å². The normalized spacial score (nSPS) is 11.9. The molecule has 0 unspecified atom stereocenters. The second kappa shape index (κ2) is 9.32. The van der Waals surface area contributed by atoms with Crippen molar-refractivity contribution in [1.29, 1.82) is 0 Å². The van der Waals surface area contributed by atoms with Gasteiger partial charge in [0.2, 0.25) is 11.8 Å². The van der Waals surface area contributed by atoms with Crippen LogP contribution in [0.15, 0.2) is 56.2 Å². The van der Waals surface area contributed by atoms with Gasteiger partial charge in [0.15, 0.2) is 5.82 Å². The van der Waals surface area contributed by atoms with E-state index in [4.69, 9.17) is 13.4 Å². The molecule has 0 saturated heterocycles. The fourth-order valence-electron chi connectivity index (χ4n) is 2.43. The Morgan fingerprint density at radius 3 is 2.32 bits per heavy atom. The minimum atomic E-state index is -0.435. The molecule has 3 rings (SSSR count). The number of nitrogens with one attached hydrogen (secondary N) is 1. The summed E-state index contributed by atoms with van der Waals surface area (Å²) in [4.78, 5) is 26.6. The highest BCUT2D eigenvalue weighted by Gasteiger charge is 2.21.